The van der Waals surface area contributed by atoms with Crippen molar-refractivity contribution in [1.82, 2.24) is 14.7 Å². The number of benzene rings is 1. The van der Waals surface area contributed by atoms with Gasteiger partial charge in [-0.15, -0.1) is 0 Å². The predicted molar refractivity (Wildman–Crippen MR) is 138 cm³/mol. The molecule has 1 aromatic carbocycles. The first kappa shape index (κ1) is 24.5. The number of rotatable bonds is 10. The summed E-state index contributed by atoms with van der Waals surface area (Å²) in [5, 5.41) is 0. The zero-order valence-electron chi connectivity index (χ0n) is 21.5. The summed E-state index contributed by atoms with van der Waals surface area (Å²) < 4.78 is 0. The lowest BCUT2D eigenvalue weighted by Crippen LogP contribution is -2.51. The van der Waals surface area contributed by atoms with E-state index in [1.54, 1.807) is 5.57 Å². The maximum atomic E-state index is 12.9. The molecule has 2 fully saturated rings. The van der Waals surface area contributed by atoms with Gasteiger partial charge >= 0.3 is 0 Å². The summed E-state index contributed by atoms with van der Waals surface area (Å²) in [6.07, 6.45) is 8.77. The molecule has 4 nitrogen and oxygen atoms in total. The summed E-state index contributed by atoms with van der Waals surface area (Å²) in [4.78, 5) is 20.1. The second-order valence-corrected chi connectivity index (χ2v) is 11.1. The Balaban J connectivity index is 1.20. The topological polar surface area (TPSA) is 26.8 Å². The van der Waals surface area contributed by atoms with Crippen molar-refractivity contribution in [2.75, 3.05) is 52.4 Å². The van der Waals surface area contributed by atoms with Crippen molar-refractivity contribution in [3.63, 3.8) is 0 Å². The number of nitrogens with zero attached hydrogens (tertiary/aromatic N) is 3. The van der Waals surface area contributed by atoms with E-state index in [2.05, 4.69) is 55.7 Å². The third-order valence-electron chi connectivity index (χ3n) is 8.85. The molecule has 1 aromatic rings. The van der Waals surface area contributed by atoms with E-state index >= 15 is 0 Å². The lowest BCUT2D eigenvalue weighted by molar-refractivity contribution is -0.0108. The van der Waals surface area contributed by atoms with E-state index in [0.29, 0.717) is 5.41 Å². The number of aryl methyl sites for hydroxylation is 1. The Bertz CT molecular complexity index is 820. The normalized spacial score (nSPS) is 24.5. The SMILES string of the molecule is CCCCc1ccc(C(=O)N2CCN(CCN(CC)CC3=CCC4CC3C4(C)C)CC2)cc1. The van der Waals surface area contributed by atoms with Crippen LogP contribution in [0.2, 0.25) is 0 Å². The van der Waals surface area contributed by atoms with E-state index in [9.17, 15) is 4.79 Å². The zero-order chi connectivity index (χ0) is 23.4. The Morgan fingerprint density at radius 1 is 1.09 bits per heavy atom. The second-order valence-electron chi connectivity index (χ2n) is 11.1. The summed E-state index contributed by atoms with van der Waals surface area (Å²) in [6.45, 7) is 17.6. The fourth-order valence-electron chi connectivity index (χ4n) is 6.10. The molecule has 2 unspecified atom stereocenters. The highest BCUT2D eigenvalue weighted by Gasteiger charge is 2.51. The molecule has 2 bridgehead atoms. The summed E-state index contributed by atoms with van der Waals surface area (Å²) in [7, 11) is 0. The van der Waals surface area contributed by atoms with Crippen molar-refractivity contribution in [2.24, 2.45) is 17.3 Å². The molecule has 33 heavy (non-hydrogen) atoms. The largest absolute Gasteiger partial charge is 0.336 e. The number of unbranched alkanes of at least 4 members (excludes halogenated alkanes) is 1. The van der Waals surface area contributed by atoms with Crippen LogP contribution in [0.1, 0.15) is 69.3 Å². The molecule has 4 aliphatic rings. The van der Waals surface area contributed by atoms with Gasteiger partial charge in [-0.25, -0.2) is 0 Å². The van der Waals surface area contributed by atoms with Crippen molar-refractivity contribution in [2.45, 2.75) is 59.8 Å². The molecule has 0 radical (unpaired) electrons. The Morgan fingerprint density at radius 2 is 1.82 bits per heavy atom. The van der Waals surface area contributed by atoms with Gasteiger partial charge in [0.1, 0.15) is 0 Å². The molecule has 1 amide bonds. The smallest absolute Gasteiger partial charge is 0.253 e. The average Bonchev–Trinajstić information content (AvgIpc) is 2.85. The first-order valence-electron chi connectivity index (χ1n) is 13.4. The minimum atomic E-state index is 0.192. The van der Waals surface area contributed by atoms with Crippen molar-refractivity contribution in [3.8, 4) is 0 Å². The quantitative estimate of drug-likeness (QED) is 0.463. The Morgan fingerprint density at radius 3 is 2.42 bits per heavy atom. The number of hydrogen-bond acceptors (Lipinski definition) is 3. The molecule has 1 saturated carbocycles. The number of likely N-dealkylation sites (N-methyl/N-ethyl adjacent to an activating group) is 1. The van der Waals surface area contributed by atoms with Gasteiger partial charge in [-0.1, -0.05) is 57.9 Å². The molecule has 1 aliphatic heterocycles. The first-order chi connectivity index (χ1) is 15.9. The molecule has 3 aliphatic carbocycles. The fraction of sp³-hybridized carbons (Fsp3) is 0.690. The first-order valence-corrected chi connectivity index (χ1v) is 13.4. The van der Waals surface area contributed by atoms with Gasteiger partial charge in [-0.3, -0.25) is 14.6 Å². The van der Waals surface area contributed by atoms with Crippen LogP contribution in [0.15, 0.2) is 35.9 Å². The number of carbonyl (C=O) groups excluding carboxylic acids is 1. The van der Waals surface area contributed by atoms with E-state index in [1.807, 2.05) is 17.0 Å². The van der Waals surface area contributed by atoms with Crippen molar-refractivity contribution < 1.29 is 4.79 Å². The minimum Gasteiger partial charge on any atom is -0.336 e. The number of allylic oxidation sites excluding steroid dienone is 1. The number of fused-ring (bicyclic) bond motifs is 1. The molecular weight excluding hydrogens is 406 g/mol. The third-order valence-corrected chi connectivity index (χ3v) is 8.85. The minimum absolute atomic E-state index is 0.192. The van der Waals surface area contributed by atoms with Gasteiger partial charge in [0.05, 0.1) is 0 Å². The van der Waals surface area contributed by atoms with Crippen molar-refractivity contribution in [1.29, 1.82) is 0 Å². The monoisotopic (exact) mass is 451 g/mol. The van der Waals surface area contributed by atoms with Crippen LogP contribution in [-0.2, 0) is 6.42 Å². The van der Waals surface area contributed by atoms with Gasteiger partial charge in [-0.05, 0) is 67.2 Å². The summed E-state index contributed by atoms with van der Waals surface area (Å²) in [5.41, 5.74) is 4.38. The van der Waals surface area contributed by atoms with Crippen LogP contribution in [0.25, 0.3) is 0 Å². The lowest BCUT2D eigenvalue weighted by atomic mass is 9.49. The fourth-order valence-corrected chi connectivity index (χ4v) is 6.10. The van der Waals surface area contributed by atoms with Crippen LogP contribution in [0.4, 0.5) is 0 Å². The summed E-state index contributed by atoms with van der Waals surface area (Å²) in [5.74, 6) is 1.91. The van der Waals surface area contributed by atoms with E-state index < -0.39 is 0 Å². The van der Waals surface area contributed by atoms with Crippen molar-refractivity contribution >= 4 is 5.91 Å². The van der Waals surface area contributed by atoms with E-state index in [0.717, 1.165) is 76.2 Å². The molecule has 1 saturated heterocycles. The highest BCUT2D eigenvalue weighted by atomic mass is 16.2. The van der Waals surface area contributed by atoms with Gasteiger partial charge in [-0.2, -0.15) is 0 Å². The van der Waals surface area contributed by atoms with Crippen molar-refractivity contribution in [3.05, 3.63) is 47.0 Å². The van der Waals surface area contributed by atoms with Crippen LogP contribution in [0.3, 0.4) is 0 Å². The molecule has 1 heterocycles. The van der Waals surface area contributed by atoms with E-state index in [4.69, 9.17) is 0 Å². The van der Waals surface area contributed by atoms with Crippen LogP contribution >= 0.6 is 0 Å². The highest BCUT2D eigenvalue weighted by Crippen LogP contribution is 2.59. The molecule has 2 atom stereocenters. The molecule has 0 aromatic heterocycles. The average molecular weight is 452 g/mol. The third kappa shape index (κ3) is 5.54. The van der Waals surface area contributed by atoms with E-state index in [-0.39, 0.29) is 5.91 Å². The number of piperazine rings is 1. The maximum absolute atomic E-state index is 12.9. The second kappa shape index (κ2) is 10.7. The molecule has 0 spiro atoms. The van der Waals surface area contributed by atoms with Crippen LogP contribution in [0, 0.1) is 17.3 Å². The zero-order valence-corrected chi connectivity index (χ0v) is 21.5. The van der Waals surface area contributed by atoms with Gasteiger partial charge in [0.15, 0.2) is 0 Å². The number of hydrogen-bond donors (Lipinski definition) is 0. The Labute approximate surface area is 202 Å². The van der Waals surface area contributed by atoms with Crippen LogP contribution in [-0.4, -0.2) is 73.0 Å². The van der Waals surface area contributed by atoms with Gasteiger partial charge < -0.3 is 4.90 Å². The maximum Gasteiger partial charge on any atom is 0.253 e. The molecule has 5 rings (SSSR count). The highest BCUT2D eigenvalue weighted by molar-refractivity contribution is 5.94. The number of amides is 1. The van der Waals surface area contributed by atoms with E-state index in [1.165, 1.54) is 31.2 Å². The summed E-state index contributed by atoms with van der Waals surface area (Å²) in [6, 6.07) is 8.30. The number of carbonyl (C=O) groups is 1. The van der Waals surface area contributed by atoms with Crippen LogP contribution in [0.5, 0.6) is 0 Å². The van der Waals surface area contributed by atoms with Gasteiger partial charge in [0.2, 0.25) is 0 Å². The lowest BCUT2D eigenvalue weighted by Gasteiger charge is -2.57. The Hall–Kier alpha value is -1.65. The van der Waals surface area contributed by atoms with Gasteiger partial charge in [0, 0.05) is 51.4 Å². The Kier molecular flexibility index (Phi) is 7.96. The van der Waals surface area contributed by atoms with Gasteiger partial charge in [0.25, 0.3) is 5.91 Å². The molecule has 0 N–H and O–H groups in total. The molecule has 4 heteroatoms. The molecule has 182 valence electrons. The standard InChI is InChI=1S/C29H45N3O/c1-5-7-8-23-9-11-24(12-10-23)28(33)32-19-17-31(18-20-32)16-15-30(6-2)22-25-13-14-26-21-27(25)29(26,3)4/h9-13,26-27H,5-8,14-22H2,1-4H3. The summed E-state index contributed by atoms with van der Waals surface area (Å²) >= 11 is 0. The van der Waals surface area contributed by atoms with Crippen LogP contribution < -0.4 is 0 Å². The molecular formula is C29H45N3O. The predicted octanol–water partition coefficient (Wildman–Crippen LogP) is 5.10.